The second kappa shape index (κ2) is 5.02. The highest BCUT2D eigenvalue weighted by atomic mass is 15.3. The van der Waals surface area contributed by atoms with Gasteiger partial charge in [0, 0.05) is 26.2 Å². The first-order valence-electron chi connectivity index (χ1n) is 7.41. The van der Waals surface area contributed by atoms with Crippen LogP contribution in [0.2, 0.25) is 0 Å². The Hall–Kier alpha value is -0.670. The van der Waals surface area contributed by atoms with E-state index in [1.165, 1.54) is 11.3 Å². The molecule has 0 aromatic rings. The highest BCUT2D eigenvalue weighted by molar-refractivity contribution is 6.04. The first-order chi connectivity index (χ1) is 8.71. The lowest BCUT2D eigenvalue weighted by atomic mass is 9.85. The molecule has 2 aliphatic heterocycles. The Morgan fingerprint density at radius 3 is 2.05 bits per heavy atom. The average Bonchev–Trinajstić information content (AvgIpc) is 2.79. The van der Waals surface area contributed by atoms with Gasteiger partial charge in [-0.1, -0.05) is 20.8 Å². The van der Waals surface area contributed by atoms with Crippen molar-refractivity contribution in [3.8, 4) is 0 Å². The maximum atomic E-state index is 4.82. The molecule has 1 saturated heterocycles. The molecule has 2 aliphatic rings. The van der Waals surface area contributed by atoms with Crippen LogP contribution in [0.4, 0.5) is 0 Å². The van der Waals surface area contributed by atoms with E-state index in [0.29, 0.717) is 0 Å². The van der Waals surface area contributed by atoms with Gasteiger partial charge >= 0.3 is 0 Å². The third-order valence-corrected chi connectivity index (χ3v) is 4.61. The number of hydrogen-bond acceptors (Lipinski definition) is 3. The summed E-state index contributed by atoms with van der Waals surface area (Å²) in [7, 11) is 2.20. The monoisotopic (exact) mass is 263 g/mol. The largest absolute Gasteiger partial charge is 0.304 e. The minimum atomic E-state index is 0.0638. The number of hydrogen-bond donors (Lipinski definition) is 0. The first-order valence-corrected chi connectivity index (χ1v) is 7.41. The van der Waals surface area contributed by atoms with Gasteiger partial charge in [-0.2, -0.15) is 0 Å². The molecular weight excluding hydrogens is 234 g/mol. The van der Waals surface area contributed by atoms with Gasteiger partial charge < -0.3 is 4.90 Å². The minimum Gasteiger partial charge on any atom is -0.304 e. The van der Waals surface area contributed by atoms with E-state index in [9.17, 15) is 0 Å². The molecule has 0 aromatic carbocycles. The van der Waals surface area contributed by atoms with Crippen LogP contribution in [0.5, 0.6) is 0 Å². The lowest BCUT2D eigenvalue weighted by Crippen LogP contribution is -2.56. The molecule has 0 saturated carbocycles. The Balaban J connectivity index is 2.11. The number of aliphatic imine (C=N–C) groups is 1. The van der Waals surface area contributed by atoms with Crippen molar-refractivity contribution in [2.24, 2.45) is 10.4 Å². The van der Waals surface area contributed by atoms with Crippen molar-refractivity contribution in [3.05, 3.63) is 11.6 Å². The maximum Gasteiger partial charge on any atom is 0.0612 e. The molecule has 0 atom stereocenters. The van der Waals surface area contributed by atoms with Crippen LogP contribution in [0, 0.1) is 5.41 Å². The topological polar surface area (TPSA) is 18.8 Å². The van der Waals surface area contributed by atoms with Crippen LogP contribution < -0.4 is 0 Å². The van der Waals surface area contributed by atoms with Crippen molar-refractivity contribution in [3.63, 3.8) is 0 Å². The minimum absolute atomic E-state index is 0.0638. The predicted octanol–water partition coefficient (Wildman–Crippen LogP) is 2.44. The van der Waals surface area contributed by atoms with E-state index in [1.807, 2.05) is 0 Å². The van der Waals surface area contributed by atoms with Crippen LogP contribution in [0.1, 0.15) is 34.6 Å². The Morgan fingerprint density at radius 1 is 1.00 bits per heavy atom. The molecule has 0 amide bonds. The van der Waals surface area contributed by atoms with Crippen LogP contribution in [-0.2, 0) is 0 Å². The number of likely N-dealkylation sites (N-methyl/N-ethyl adjacent to an activating group) is 1. The van der Waals surface area contributed by atoms with Crippen LogP contribution in [-0.4, -0.2) is 60.8 Å². The fraction of sp³-hybridized carbons (Fsp3) is 0.812. The fourth-order valence-corrected chi connectivity index (χ4v) is 2.78. The molecular formula is C16H29N3. The summed E-state index contributed by atoms with van der Waals surface area (Å²) < 4.78 is 0. The maximum absolute atomic E-state index is 4.82. The van der Waals surface area contributed by atoms with E-state index < -0.39 is 0 Å². The van der Waals surface area contributed by atoms with E-state index in [0.717, 1.165) is 32.7 Å². The molecule has 3 nitrogen and oxygen atoms in total. The van der Waals surface area contributed by atoms with E-state index in [4.69, 9.17) is 4.99 Å². The fourth-order valence-electron chi connectivity index (χ4n) is 2.78. The summed E-state index contributed by atoms with van der Waals surface area (Å²) >= 11 is 0. The molecule has 0 N–H and O–H groups in total. The van der Waals surface area contributed by atoms with E-state index >= 15 is 0 Å². The van der Waals surface area contributed by atoms with Gasteiger partial charge in [0.05, 0.1) is 17.8 Å². The van der Waals surface area contributed by atoms with Crippen molar-refractivity contribution >= 4 is 5.71 Å². The zero-order chi connectivity index (χ0) is 14.3. The Bertz CT molecular complexity index is 391. The molecule has 3 heteroatoms. The van der Waals surface area contributed by atoms with Crippen molar-refractivity contribution in [2.45, 2.75) is 40.2 Å². The van der Waals surface area contributed by atoms with Gasteiger partial charge in [-0.25, -0.2) is 0 Å². The molecule has 0 bridgehead atoms. The van der Waals surface area contributed by atoms with Gasteiger partial charge in [-0.3, -0.25) is 9.89 Å². The average molecular weight is 263 g/mol. The third-order valence-electron chi connectivity index (χ3n) is 4.61. The standard InChI is InChI=1S/C16H29N3/c1-15(2,3)13-11-14(17-12-13)16(4,5)19-9-7-18(6)8-10-19/h11H,7-10,12H2,1-6H3. The summed E-state index contributed by atoms with van der Waals surface area (Å²) in [5.41, 5.74) is 3.03. The summed E-state index contributed by atoms with van der Waals surface area (Å²) in [6.45, 7) is 17.0. The lowest BCUT2D eigenvalue weighted by molar-refractivity contribution is 0.100. The van der Waals surface area contributed by atoms with Crippen LogP contribution >= 0.6 is 0 Å². The molecule has 2 heterocycles. The summed E-state index contributed by atoms with van der Waals surface area (Å²) in [6.07, 6.45) is 2.35. The highest BCUT2D eigenvalue weighted by Crippen LogP contribution is 2.31. The summed E-state index contributed by atoms with van der Waals surface area (Å²) in [5, 5.41) is 0. The molecule has 1 fully saturated rings. The smallest absolute Gasteiger partial charge is 0.0612 e. The highest BCUT2D eigenvalue weighted by Gasteiger charge is 2.35. The second-order valence-corrected chi connectivity index (χ2v) is 7.47. The van der Waals surface area contributed by atoms with Crippen molar-refractivity contribution in [1.29, 1.82) is 0 Å². The molecule has 0 aromatic heterocycles. The zero-order valence-corrected chi connectivity index (χ0v) is 13.5. The predicted molar refractivity (Wildman–Crippen MR) is 83.0 cm³/mol. The third kappa shape index (κ3) is 3.09. The van der Waals surface area contributed by atoms with Gasteiger partial charge in [0.1, 0.15) is 0 Å². The van der Waals surface area contributed by atoms with Gasteiger partial charge in [-0.05, 0) is 38.0 Å². The summed E-state index contributed by atoms with van der Waals surface area (Å²) in [6, 6.07) is 0. The molecule has 0 radical (unpaired) electrons. The van der Waals surface area contributed by atoms with Crippen LogP contribution in [0.3, 0.4) is 0 Å². The Labute approximate surface area is 118 Å². The van der Waals surface area contributed by atoms with Crippen LogP contribution in [0.15, 0.2) is 16.6 Å². The second-order valence-electron chi connectivity index (χ2n) is 7.47. The van der Waals surface area contributed by atoms with Gasteiger partial charge in [0.2, 0.25) is 0 Å². The number of nitrogens with zero attached hydrogens (tertiary/aromatic N) is 3. The first kappa shape index (κ1) is 14.7. The quantitative estimate of drug-likeness (QED) is 0.762. The number of piperazine rings is 1. The van der Waals surface area contributed by atoms with E-state index in [1.54, 1.807) is 0 Å². The van der Waals surface area contributed by atoms with E-state index in [2.05, 4.69) is 57.5 Å². The van der Waals surface area contributed by atoms with Gasteiger partial charge in [0.15, 0.2) is 0 Å². The summed E-state index contributed by atoms with van der Waals surface area (Å²) in [5.74, 6) is 0. The van der Waals surface area contributed by atoms with Crippen molar-refractivity contribution < 1.29 is 0 Å². The Morgan fingerprint density at radius 2 is 1.58 bits per heavy atom. The van der Waals surface area contributed by atoms with Gasteiger partial charge in [-0.15, -0.1) is 0 Å². The van der Waals surface area contributed by atoms with Crippen LogP contribution in [0.25, 0.3) is 0 Å². The SMILES string of the molecule is CN1CCN(C(C)(C)C2=NCC(C(C)(C)C)=C2)CC1. The number of rotatable bonds is 2. The molecule has 0 unspecified atom stereocenters. The molecule has 0 spiro atoms. The zero-order valence-electron chi connectivity index (χ0n) is 13.5. The summed E-state index contributed by atoms with van der Waals surface area (Å²) in [4.78, 5) is 9.80. The normalized spacial score (nSPS) is 23.5. The molecule has 2 rings (SSSR count). The molecule has 0 aliphatic carbocycles. The molecule has 19 heavy (non-hydrogen) atoms. The van der Waals surface area contributed by atoms with E-state index in [-0.39, 0.29) is 11.0 Å². The van der Waals surface area contributed by atoms with Gasteiger partial charge in [0.25, 0.3) is 0 Å². The lowest BCUT2D eigenvalue weighted by Gasteiger charge is -2.43. The Kier molecular flexibility index (Phi) is 3.90. The molecule has 108 valence electrons. The van der Waals surface area contributed by atoms with Crippen molar-refractivity contribution in [2.75, 3.05) is 39.8 Å². The van der Waals surface area contributed by atoms with Crippen molar-refractivity contribution in [1.82, 2.24) is 9.80 Å².